The van der Waals surface area contributed by atoms with Gasteiger partial charge in [-0.05, 0) is 0 Å². The number of halogens is 4. The molecule has 1 aromatic heterocycles. The van der Waals surface area contributed by atoms with Crippen molar-refractivity contribution in [1.29, 1.82) is 0 Å². The molecular weight excluding hydrogens is 636 g/mol. The monoisotopic (exact) mass is 661 g/mol. The van der Waals surface area contributed by atoms with Crippen LogP contribution in [-0.4, -0.2) is 43.8 Å². The summed E-state index contributed by atoms with van der Waals surface area (Å²) in [5, 5.41) is 0. The maximum atomic E-state index is 14.5. The van der Waals surface area contributed by atoms with Crippen molar-refractivity contribution in [3.05, 3.63) is 87.4 Å². The van der Waals surface area contributed by atoms with E-state index in [1.54, 1.807) is 30.5 Å². The Balaban J connectivity index is 1.46. The number of hydrogen-bond donors (Lipinski definition) is 0. The molecule has 1 saturated carbocycles. The van der Waals surface area contributed by atoms with E-state index in [-0.39, 0.29) is 24.4 Å². The van der Waals surface area contributed by atoms with Crippen LogP contribution >= 0.6 is 0 Å². The zero-order chi connectivity index (χ0) is 28.2. The van der Waals surface area contributed by atoms with Gasteiger partial charge in [0.15, 0.2) is 0 Å². The number of aryl methyl sites for hydroxylation is 1. The molecular formula is C29H25F3IN4O3-. The van der Waals surface area contributed by atoms with Crippen molar-refractivity contribution < 1.29 is 49.0 Å². The molecule has 3 amide bonds. The average Bonchev–Trinajstić information content (AvgIpc) is 3.29. The van der Waals surface area contributed by atoms with Crippen molar-refractivity contribution in [3.8, 4) is 0 Å². The van der Waals surface area contributed by atoms with Crippen LogP contribution in [0.1, 0.15) is 42.9 Å². The number of rotatable bonds is 5. The van der Waals surface area contributed by atoms with Gasteiger partial charge in [0.2, 0.25) is 0 Å². The molecule has 2 atom stereocenters. The van der Waals surface area contributed by atoms with E-state index in [1.807, 2.05) is 19.1 Å². The first-order valence-corrected chi connectivity index (χ1v) is 15.0. The van der Waals surface area contributed by atoms with Gasteiger partial charge in [-0.2, -0.15) is 0 Å². The van der Waals surface area contributed by atoms with Crippen molar-refractivity contribution in [1.82, 2.24) is 8.10 Å². The van der Waals surface area contributed by atoms with E-state index < -0.39 is 76.0 Å². The summed E-state index contributed by atoms with van der Waals surface area (Å²) in [4.78, 5) is 48.6. The van der Waals surface area contributed by atoms with Crippen molar-refractivity contribution in [2.24, 2.45) is 0 Å². The third kappa shape index (κ3) is 4.73. The average molecular weight is 661 g/mol. The van der Waals surface area contributed by atoms with Crippen molar-refractivity contribution in [2.75, 3.05) is 9.80 Å². The molecule has 1 aliphatic carbocycles. The van der Waals surface area contributed by atoms with Crippen molar-refractivity contribution >= 4 is 29.2 Å². The first kappa shape index (κ1) is 26.7. The Bertz CT molecular complexity index is 1510. The number of carbonyl (C=O) groups is 3. The van der Waals surface area contributed by atoms with E-state index in [0.717, 1.165) is 9.13 Å². The Morgan fingerprint density at radius 2 is 1.85 bits per heavy atom. The fraction of sp³-hybridized carbons (Fsp3) is 0.310. The zero-order valence-electron chi connectivity index (χ0n) is 21.4. The second-order valence-electron chi connectivity index (χ2n) is 10.3. The number of hydrogen-bond acceptors (Lipinski definition) is 4. The summed E-state index contributed by atoms with van der Waals surface area (Å²) in [6, 6.07) is 13.2. The number of fused-ring (bicyclic) bond motifs is 1. The van der Waals surface area contributed by atoms with Gasteiger partial charge < -0.3 is 0 Å². The number of carbonyl (C=O) groups excluding carboxylic acids is 3. The van der Waals surface area contributed by atoms with Crippen LogP contribution in [0.2, 0.25) is 0 Å². The minimum atomic E-state index is -2.83. The predicted octanol–water partition coefficient (Wildman–Crippen LogP) is 1.61. The van der Waals surface area contributed by atoms with E-state index in [9.17, 15) is 27.6 Å². The van der Waals surface area contributed by atoms with Crippen LogP contribution in [0.25, 0.3) is 0 Å². The summed E-state index contributed by atoms with van der Waals surface area (Å²) >= 11 is -1.10. The summed E-state index contributed by atoms with van der Waals surface area (Å²) in [5.74, 6) is -4.42. The molecule has 6 rings (SSSR count). The van der Waals surface area contributed by atoms with Gasteiger partial charge in [-0.25, -0.2) is 0 Å². The Hall–Kier alpha value is -3.48. The molecule has 0 radical (unpaired) electrons. The molecule has 2 fully saturated rings. The molecule has 2 aromatic carbocycles. The number of anilines is 2. The van der Waals surface area contributed by atoms with E-state index in [0.29, 0.717) is 11.4 Å². The molecule has 0 bridgehead atoms. The molecule has 0 spiro atoms. The zero-order valence-corrected chi connectivity index (χ0v) is 23.6. The molecule has 2 aliphatic heterocycles. The van der Waals surface area contributed by atoms with E-state index in [2.05, 4.69) is 4.98 Å². The van der Waals surface area contributed by atoms with Crippen LogP contribution in [0.5, 0.6) is 0 Å². The van der Waals surface area contributed by atoms with Gasteiger partial charge in [-0.1, -0.05) is 0 Å². The Labute approximate surface area is 239 Å². The quantitative estimate of drug-likeness (QED) is 0.308. The van der Waals surface area contributed by atoms with Gasteiger partial charge in [0.05, 0.1) is 0 Å². The van der Waals surface area contributed by atoms with Gasteiger partial charge in [0, 0.05) is 0 Å². The van der Waals surface area contributed by atoms with Crippen LogP contribution < -0.4 is 31.3 Å². The molecule has 208 valence electrons. The SMILES string of the molecule is Cc1ccnc(N2C(=O)CC[C@H]2C(=O)N(c2cccc(F)c2)[C@@H]2C(=O)N(C3CC(F)(F)C3)[I-]c3ccccc32)c1. The summed E-state index contributed by atoms with van der Waals surface area (Å²) in [6.45, 7) is 1.85. The first-order chi connectivity index (χ1) is 19.1. The summed E-state index contributed by atoms with van der Waals surface area (Å²) < 4.78 is 44.6. The van der Waals surface area contributed by atoms with Gasteiger partial charge >= 0.3 is 240 Å². The number of aromatic nitrogens is 1. The number of benzene rings is 2. The number of pyridine rings is 1. The third-order valence-electron chi connectivity index (χ3n) is 7.44. The Morgan fingerprint density at radius 3 is 2.58 bits per heavy atom. The normalized spacial score (nSPS) is 22.4. The van der Waals surface area contributed by atoms with Gasteiger partial charge in [-0.15, -0.1) is 0 Å². The second-order valence-corrected chi connectivity index (χ2v) is 13.0. The number of nitrogens with zero attached hydrogens (tertiary/aromatic N) is 4. The standard InChI is InChI=1S/C29H25F3IN4O3/c1-17-11-12-34-24(13-17)36-23(9-10-25(36)38)27(39)35(19-6-4-5-18(30)14-19)26-21-7-2-3-8-22(21)33-37(28(26)40)20-15-29(31,32)16-20/h2-8,11-14,20,23,26H,9-10,15-16H2,1H3/q-1/t23-,26-/m0/s1. The number of amides is 3. The van der Waals surface area contributed by atoms with Crippen molar-refractivity contribution in [2.45, 2.75) is 56.7 Å². The Kier molecular flexibility index (Phi) is 6.79. The van der Waals surface area contributed by atoms with Crippen LogP contribution in [0, 0.1) is 16.3 Å². The number of alkyl halides is 2. The maximum absolute atomic E-state index is 14.5. The topological polar surface area (TPSA) is 73.8 Å². The van der Waals surface area contributed by atoms with Crippen LogP contribution in [0.3, 0.4) is 0 Å². The van der Waals surface area contributed by atoms with Crippen LogP contribution in [0.4, 0.5) is 24.7 Å². The molecule has 7 nitrogen and oxygen atoms in total. The molecule has 40 heavy (non-hydrogen) atoms. The summed E-state index contributed by atoms with van der Waals surface area (Å²) in [6.07, 6.45) is 0.996. The molecule has 3 aromatic rings. The molecule has 0 N–H and O–H groups in total. The summed E-state index contributed by atoms with van der Waals surface area (Å²) in [7, 11) is 0. The molecule has 0 unspecified atom stereocenters. The molecule has 3 heterocycles. The van der Waals surface area contributed by atoms with E-state index >= 15 is 0 Å². The third-order valence-corrected chi connectivity index (χ3v) is 10.7. The van der Waals surface area contributed by atoms with E-state index in [1.165, 1.54) is 37.2 Å². The van der Waals surface area contributed by atoms with E-state index in [4.69, 9.17) is 0 Å². The fourth-order valence-corrected chi connectivity index (χ4v) is 8.47. The van der Waals surface area contributed by atoms with Crippen molar-refractivity contribution in [3.63, 3.8) is 0 Å². The van der Waals surface area contributed by atoms with Gasteiger partial charge in [-0.3, -0.25) is 0 Å². The minimum absolute atomic E-state index is 0.104. The molecule has 11 heteroatoms. The van der Waals surface area contributed by atoms with Crippen LogP contribution in [-0.2, 0) is 14.4 Å². The molecule has 3 aliphatic rings. The van der Waals surface area contributed by atoms with Gasteiger partial charge in [0.25, 0.3) is 0 Å². The Morgan fingerprint density at radius 1 is 1.07 bits per heavy atom. The predicted molar refractivity (Wildman–Crippen MR) is 136 cm³/mol. The van der Waals surface area contributed by atoms with Crippen LogP contribution in [0.15, 0.2) is 66.9 Å². The molecule has 1 saturated heterocycles. The first-order valence-electron chi connectivity index (χ1n) is 12.9. The summed E-state index contributed by atoms with van der Waals surface area (Å²) in [5.41, 5.74) is 1.59. The fourth-order valence-electron chi connectivity index (χ4n) is 5.50. The van der Waals surface area contributed by atoms with Gasteiger partial charge in [0.1, 0.15) is 0 Å². The second kappa shape index (κ2) is 10.2.